The lowest BCUT2D eigenvalue weighted by atomic mass is 10.2. The SMILES string of the molecule is CNCCOc1ccc(F)c(C)c1.Cl. The van der Waals surface area contributed by atoms with Crippen LogP contribution in [-0.4, -0.2) is 20.2 Å². The van der Waals surface area contributed by atoms with Crippen molar-refractivity contribution in [3.05, 3.63) is 29.6 Å². The fourth-order valence-electron chi connectivity index (χ4n) is 0.978. The van der Waals surface area contributed by atoms with Gasteiger partial charge in [0, 0.05) is 6.54 Å². The maximum atomic E-state index is 12.8. The van der Waals surface area contributed by atoms with Crippen LogP contribution < -0.4 is 10.1 Å². The Bertz CT molecular complexity index is 281. The molecule has 0 aliphatic heterocycles. The van der Waals surface area contributed by atoms with Crippen LogP contribution in [0.15, 0.2) is 18.2 Å². The molecule has 0 aliphatic rings. The van der Waals surface area contributed by atoms with Crippen molar-refractivity contribution in [2.75, 3.05) is 20.2 Å². The molecule has 0 aliphatic carbocycles. The van der Waals surface area contributed by atoms with E-state index in [1.165, 1.54) is 6.07 Å². The van der Waals surface area contributed by atoms with Gasteiger partial charge in [-0.05, 0) is 37.7 Å². The van der Waals surface area contributed by atoms with Crippen LogP contribution in [0.2, 0.25) is 0 Å². The molecule has 0 bridgehead atoms. The molecule has 0 atom stereocenters. The van der Waals surface area contributed by atoms with Crippen molar-refractivity contribution in [1.29, 1.82) is 0 Å². The van der Waals surface area contributed by atoms with Gasteiger partial charge >= 0.3 is 0 Å². The van der Waals surface area contributed by atoms with Crippen LogP contribution in [-0.2, 0) is 0 Å². The fraction of sp³-hybridized carbons (Fsp3) is 0.400. The maximum absolute atomic E-state index is 12.8. The number of halogens is 2. The Balaban J connectivity index is 0.00000169. The Hall–Kier alpha value is -0.800. The molecular weight excluding hydrogens is 205 g/mol. The van der Waals surface area contributed by atoms with Gasteiger partial charge in [0.25, 0.3) is 0 Å². The lowest BCUT2D eigenvalue weighted by Crippen LogP contribution is -2.15. The van der Waals surface area contributed by atoms with Crippen LogP contribution in [0, 0.1) is 12.7 Å². The van der Waals surface area contributed by atoms with E-state index in [1.54, 1.807) is 19.1 Å². The molecule has 0 saturated heterocycles. The summed E-state index contributed by atoms with van der Waals surface area (Å²) in [4.78, 5) is 0. The lowest BCUT2D eigenvalue weighted by molar-refractivity contribution is 0.317. The molecule has 14 heavy (non-hydrogen) atoms. The minimum atomic E-state index is -0.194. The Morgan fingerprint density at radius 2 is 2.14 bits per heavy atom. The predicted octanol–water partition coefficient (Wildman–Crippen LogP) is 2.15. The van der Waals surface area contributed by atoms with E-state index in [0.717, 1.165) is 6.54 Å². The molecule has 1 rings (SSSR count). The van der Waals surface area contributed by atoms with Crippen molar-refractivity contribution in [1.82, 2.24) is 5.32 Å². The largest absolute Gasteiger partial charge is 0.492 e. The molecule has 80 valence electrons. The molecule has 0 saturated carbocycles. The number of benzene rings is 1. The highest BCUT2D eigenvalue weighted by Crippen LogP contribution is 2.15. The van der Waals surface area contributed by atoms with Gasteiger partial charge in [0.2, 0.25) is 0 Å². The van der Waals surface area contributed by atoms with E-state index < -0.39 is 0 Å². The van der Waals surface area contributed by atoms with E-state index in [1.807, 2.05) is 7.05 Å². The summed E-state index contributed by atoms with van der Waals surface area (Å²) < 4.78 is 18.2. The first-order chi connectivity index (χ1) is 6.24. The van der Waals surface area contributed by atoms with Crippen LogP contribution >= 0.6 is 12.4 Å². The summed E-state index contributed by atoms with van der Waals surface area (Å²) in [7, 11) is 1.86. The lowest BCUT2D eigenvalue weighted by Gasteiger charge is -2.06. The van der Waals surface area contributed by atoms with Crippen LogP contribution in [0.4, 0.5) is 4.39 Å². The molecule has 0 heterocycles. The van der Waals surface area contributed by atoms with E-state index in [9.17, 15) is 4.39 Å². The van der Waals surface area contributed by atoms with Gasteiger partial charge < -0.3 is 10.1 Å². The van der Waals surface area contributed by atoms with Gasteiger partial charge in [-0.2, -0.15) is 0 Å². The Labute approximate surface area is 89.9 Å². The molecule has 0 amide bonds. The first kappa shape index (κ1) is 13.2. The fourth-order valence-corrected chi connectivity index (χ4v) is 0.978. The summed E-state index contributed by atoms with van der Waals surface area (Å²) in [5, 5.41) is 2.96. The van der Waals surface area contributed by atoms with Gasteiger partial charge in [0.1, 0.15) is 18.2 Å². The van der Waals surface area contributed by atoms with Crippen molar-refractivity contribution in [3.8, 4) is 5.75 Å². The third-order valence-electron chi connectivity index (χ3n) is 1.75. The number of ether oxygens (including phenoxy) is 1. The van der Waals surface area contributed by atoms with Gasteiger partial charge in [0.05, 0.1) is 0 Å². The predicted molar refractivity (Wildman–Crippen MR) is 57.8 cm³/mol. The van der Waals surface area contributed by atoms with Crippen LogP contribution in [0.5, 0.6) is 5.75 Å². The van der Waals surface area contributed by atoms with Crippen LogP contribution in [0.1, 0.15) is 5.56 Å². The zero-order valence-corrected chi connectivity index (χ0v) is 9.16. The summed E-state index contributed by atoms with van der Waals surface area (Å²) in [5.41, 5.74) is 0.613. The minimum Gasteiger partial charge on any atom is -0.492 e. The highest BCUT2D eigenvalue weighted by molar-refractivity contribution is 5.85. The van der Waals surface area contributed by atoms with Crippen molar-refractivity contribution in [2.45, 2.75) is 6.92 Å². The van der Waals surface area contributed by atoms with Gasteiger partial charge in [-0.15, -0.1) is 12.4 Å². The quantitative estimate of drug-likeness (QED) is 0.784. The molecule has 0 unspecified atom stereocenters. The molecule has 0 radical (unpaired) electrons. The second kappa shape index (κ2) is 6.62. The van der Waals surface area contributed by atoms with Crippen LogP contribution in [0.25, 0.3) is 0 Å². The molecule has 0 aromatic heterocycles. The second-order valence-corrected chi connectivity index (χ2v) is 2.86. The summed E-state index contributed by atoms with van der Waals surface area (Å²) in [5.74, 6) is 0.523. The smallest absolute Gasteiger partial charge is 0.126 e. The minimum absolute atomic E-state index is 0. The van der Waals surface area contributed by atoms with Gasteiger partial charge in [-0.3, -0.25) is 0 Å². The topological polar surface area (TPSA) is 21.3 Å². The van der Waals surface area contributed by atoms with Gasteiger partial charge in [0.15, 0.2) is 0 Å². The van der Waals surface area contributed by atoms with Crippen molar-refractivity contribution in [3.63, 3.8) is 0 Å². The maximum Gasteiger partial charge on any atom is 0.126 e. The Morgan fingerprint density at radius 1 is 1.43 bits per heavy atom. The van der Waals surface area contributed by atoms with Crippen molar-refractivity contribution in [2.24, 2.45) is 0 Å². The first-order valence-electron chi connectivity index (χ1n) is 4.27. The van der Waals surface area contributed by atoms with Gasteiger partial charge in [-0.1, -0.05) is 0 Å². The van der Waals surface area contributed by atoms with E-state index in [4.69, 9.17) is 4.74 Å². The van der Waals surface area contributed by atoms with Crippen LogP contribution in [0.3, 0.4) is 0 Å². The van der Waals surface area contributed by atoms with Crippen molar-refractivity contribution < 1.29 is 9.13 Å². The first-order valence-corrected chi connectivity index (χ1v) is 4.27. The molecule has 0 spiro atoms. The second-order valence-electron chi connectivity index (χ2n) is 2.86. The Kier molecular flexibility index (Phi) is 6.25. The molecule has 0 fully saturated rings. The third kappa shape index (κ3) is 3.94. The standard InChI is InChI=1S/C10H14FNO.ClH/c1-8-7-9(3-4-10(8)11)13-6-5-12-2;/h3-4,7,12H,5-6H2,1-2H3;1H. The highest BCUT2D eigenvalue weighted by Gasteiger charge is 1.98. The molecule has 4 heteroatoms. The van der Waals surface area contributed by atoms with E-state index >= 15 is 0 Å². The van der Waals surface area contributed by atoms with E-state index in [0.29, 0.717) is 17.9 Å². The summed E-state index contributed by atoms with van der Waals surface area (Å²) in [6, 6.07) is 4.76. The zero-order chi connectivity index (χ0) is 9.68. The van der Waals surface area contributed by atoms with E-state index in [-0.39, 0.29) is 18.2 Å². The normalized spacial score (nSPS) is 9.36. The summed E-state index contributed by atoms with van der Waals surface area (Å²) in [6.45, 7) is 3.11. The van der Waals surface area contributed by atoms with E-state index in [2.05, 4.69) is 5.32 Å². The molecule has 1 N–H and O–H groups in total. The average Bonchev–Trinajstić information content (AvgIpc) is 2.12. The zero-order valence-electron chi connectivity index (χ0n) is 8.34. The molecule has 1 aromatic carbocycles. The number of rotatable bonds is 4. The number of nitrogens with one attached hydrogen (secondary N) is 1. The molecular formula is C10H15ClFNO. The molecule has 2 nitrogen and oxygen atoms in total. The number of hydrogen-bond acceptors (Lipinski definition) is 2. The monoisotopic (exact) mass is 219 g/mol. The number of hydrogen-bond donors (Lipinski definition) is 1. The highest BCUT2D eigenvalue weighted by atomic mass is 35.5. The van der Waals surface area contributed by atoms with Gasteiger partial charge in [-0.25, -0.2) is 4.39 Å². The van der Waals surface area contributed by atoms with Crippen molar-refractivity contribution >= 4 is 12.4 Å². The molecule has 1 aromatic rings. The third-order valence-corrected chi connectivity index (χ3v) is 1.75. The summed E-state index contributed by atoms with van der Waals surface area (Å²) in [6.07, 6.45) is 0. The average molecular weight is 220 g/mol. The Morgan fingerprint density at radius 3 is 2.71 bits per heavy atom. The summed E-state index contributed by atoms with van der Waals surface area (Å²) >= 11 is 0. The number of likely N-dealkylation sites (N-methyl/N-ethyl adjacent to an activating group) is 1. The number of aryl methyl sites for hydroxylation is 1.